The molecular weight excluding hydrogens is 397 g/mol. The number of halogens is 3. The standard InChI is InChI=1S/C20H23F3N6O/c1-3-28-7-4-5-14(11-28)24-18-26-19-25-15(6-8-29(19)27-18)17-12(2)9-13(10-16(17)30)20(21,22)23/h6,8-10,14,30H,3-5,7,11H2,1-2H3,(H,24,27). The number of phenols is 1. The van der Waals surface area contributed by atoms with Crippen LogP contribution in [0, 0.1) is 6.92 Å². The van der Waals surface area contributed by atoms with E-state index in [1.807, 2.05) is 0 Å². The number of rotatable bonds is 4. The van der Waals surface area contributed by atoms with Crippen LogP contribution in [0.5, 0.6) is 5.75 Å². The number of piperidine rings is 1. The van der Waals surface area contributed by atoms with Crippen LogP contribution in [0.1, 0.15) is 30.9 Å². The molecule has 4 rings (SSSR count). The van der Waals surface area contributed by atoms with Gasteiger partial charge in [0.05, 0.1) is 11.3 Å². The van der Waals surface area contributed by atoms with Crippen molar-refractivity contribution in [1.82, 2.24) is 24.5 Å². The summed E-state index contributed by atoms with van der Waals surface area (Å²) in [5, 5.41) is 18.0. The van der Waals surface area contributed by atoms with Crippen LogP contribution in [0.2, 0.25) is 0 Å². The summed E-state index contributed by atoms with van der Waals surface area (Å²) in [5.41, 5.74) is -0.0438. The first kappa shape index (κ1) is 20.4. The van der Waals surface area contributed by atoms with E-state index in [0.717, 1.165) is 38.5 Å². The lowest BCUT2D eigenvalue weighted by Crippen LogP contribution is -2.42. The van der Waals surface area contributed by atoms with Crippen molar-refractivity contribution in [3.63, 3.8) is 0 Å². The van der Waals surface area contributed by atoms with Gasteiger partial charge in [0.15, 0.2) is 0 Å². The van der Waals surface area contributed by atoms with Crippen molar-refractivity contribution in [2.45, 2.75) is 38.9 Å². The van der Waals surface area contributed by atoms with E-state index < -0.39 is 17.5 Å². The van der Waals surface area contributed by atoms with Gasteiger partial charge in [-0.05, 0) is 56.6 Å². The number of phenolic OH excluding ortho intramolecular Hbond substituents is 1. The molecule has 1 atom stereocenters. The van der Waals surface area contributed by atoms with Gasteiger partial charge in [0, 0.05) is 24.3 Å². The normalized spacial score (nSPS) is 18.1. The highest BCUT2D eigenvalue weighted by Crippen LogP contribution is 2.38. The Labute approximate surface area is 171 Å². The van der Waals surface area contributed by atoms with Crippen molar-refractivity contribution >= 4 is 11.7 Å². The van der Waals surface area contributed by atoms with Gasteiger partial charge in [-0.15, -0.1) is 5.10 Å². The third-order valence-electron chi connectivity index (χ3n) is 5.39. The van der Waals surface area contributed by atoms with Crippen LogP contribution in [0.4, 0.5) is 19.1 Å². The molecule has 1 aliphatic rings. The summed E-state index contributed by atoms with van der Waals surface area (Å²) in [6, 6.07) is 3.56. The van der Waals surface area contributed by atoms with Gasteiger partial charge in [-0.25, -0.2) is 9.50 Å². The molecule has 0 aliphatic carbocycles. The molecule has 1 saturated heterocycles. The summed E-state index contributed by atoms with van der Waals surface area (Å²) in [7, 11) is 0. The summed E-state index contributed by atoms with van der Waals surface area (Å²) < 4.78 is 40.4. The highest BCUT2D eigenvalue weighted by atomic mass is 19.4. The zero-order valence-corrected chi connectivity index (χ0v) is 16.7. The number of likely N-dealkylation sites (tertiary alicyclic amines) is 1. The fourth-order valence-corrected chi connectivity index (χ4v) is 3.89. The zero-order valence-electron chi connectivity index (χ0n) is 16.7. The Morgan fingerprint density at radius 1 is 1.27 bits per heavy atom. The molecule has 3 aromatic rings. The minimum absolute atomic E-state index is 0.244. The van der Waals surface area contributed by atoms with Gasteiger partial charge in [0.2, 0.25) is 5.95 Å². The number of aromatic hydroxyl groups is 1. The molecule has 1 aliphatic heterocycles. The van der Waals surface area contributed by atoms with E-state index in [9.17, 15) is 18.3 Å². The number of nitrogens with one attached hydrogen (secondary N) is 1. The Hall–Kier alpha value is -2.88. The minimum atomic E-state index is -4.53. The third kappa shape index (κ3) is 4.04. The maximum atomic E-state index is 13.0. The molecule has 1 unspecified atom stereocenters. The number of nitrogens with zero attached hydrogens (tertiary/aromatic N) is 5. The number of fused-ring (bicyclic) bond motifs is 1. The van der Waals surface area contributed by atoms with Gasteiger partial charge < -0.3 is 15.3 Å². The lowest BCUT2D eigenvalue weighted by atomic mass is 10.0. The predicted molar refractivity (Wildman–Crippen MR) is 106 cm³/mol. The molecule has 2 N–H and O–H groups in total. The average Bonchev–Trinajstić information content (AvgIpc) is 3.08. The van der Waals surface area contributed by atoms with Crippen LogP contribution in [0.15, 0.2) is 24.4 Å². The van der Waals surface area contributed by atoms with Crippen LogP contribution in [-0.2, 0) is 6.18 Å². The van der Waals surface area contributed by atoms with Gasteiger partial charge in [-0.2, -0.15) is 18.2 Å². The maximum Gasteiger partial charge on any atom is 0.416 e. The Kier molecular flexibility index (Phi) is 5.27. The first-order chi connectivity index (χ1) is 14.2. The van der Waals surface area contributed by atoms with E-state index >= 15 is 0 Å². The smallest absolute Gasteiger partial charge is 0.416 e. The molecule has 0 saturated carbocycles. The van der Waals surface area contributed by atoms with E-state index in [1.165, 1.54) is 11.4 Å². The molecule has 30 heavy (non-hydrogen) atoms. The molecule has 0 radical (unpaired) electrons. The quantitative estimate of drug-likeness (QED) is 0.670. The Bertz CT molecular complexity index is 1040. The number of alkyl halides is 3. The van der Waals surface area contributed by atoms with E-state index in [0.29, 0.717) is 23.5 Å². The van der Waals surface area contributed by atoms with Gasteiger partial charge in [-0.3, -0.25) is 0 Å². The molecule has 10 heteroatoms. The van der Waals surface area contributed by atoms with Gasteiger partial charge in [0.1, 0.15) is 5.75 Å². The van der Waals surface area contributed by atoms with Crippen LogP contribution in [0.3, 0.4) is 0 Å². The maximum absolute atomic E-state index is 13.0. The molecule has 160 valence electrons. The van der Waals surface area contributed by atoms with Crippen LogP contribution < -0.4 is 5.32 Å². The largest absolute Gasteiger partial charge is 0.507 e. The van der Waals surface area contributed by atoms with Gasteiger partial charge in [0.25, 0.3) is 5.78 Å². The fraction of sp³-hybridized carbons (Fsp3) is 0.450. The van der Waals surface area contributed by atoms with Crippen molar-refractivity contribution in [3.05, 3.63) is 35.5 Å². The SMILES string of the molecule is CCN1CCCC(Nc2nc3nc(-c4c(C)cc(C(F)(F)F)cc4O)ccn3n2)C1. The number of likely N-dealkylation sites (N-methyl/N-ethyl adjacent to an activating group) is 1. The van der Waals surface area contributed by atoms with Crippen molar-refractivity contribution in [2.24, 2.45) is 0 Å². The third-order valence-corrected chi connectivity index (χ3v) is 5.39. The van der Waals surface area contributed by atoms with Crippen LogP contribution in [0.25, 0.3) is 17.0 Å². The second kappa shape index (κ2) is 7.75. The predicted octanol–water partition coefficient (Wildman–Crippen LogP) is 3.72. The molecule has 3 heterocycles. The van der Waals surface area contributed by atoms with Crippen molar-refractivity contribution in [1.29, 1.82) is 0 Å². The molecule has 2 aromatic heterocycles. The molecule has 0 bridgehead atoms. The molecule has 0 amide bonds. The first-order valence-electron chi connectivity index (χ1n) is 9.88. The second-order valence-corrected chi connectivity index (χ2v) is 7.55. The van der Waals surface area contributed by atoms with E-state index in [-0.39, 0.29) is 17.2 Å². The fourth-order valence-electron chi connectivity index (χ4n) is 3.89. The lowest BCUT2D eigenvalue weighted by molar-refractivity contribution is -0.137. The molecule has 1 aromatic carbocycles. The topological polar surface area (TPSA) is 78.6 Å². The summed E-state index contributed by atoms with van der Waals surface area (Å²) in [6.07, 6.45) is -0.763. The first-order valence-corrected chi connectivity index (χ1v) is 9.88. The van der Waals surface area contributed by atoms with Crippen molar-refractivity contribution in [3.8, 4) is 17.0 Å². The van der Waals surface area contributed by atoms with E-state index in [4.69, 9.17) is 0 Å². The Morgan fingerprint density at radius 2 is 2.07 bits per heavy atom. The molecule has 0 spiro atoms. The van der Waals surface area contributed by atoms with E-state index in [1.54, 1.807) is 12.3 Å². The number of hydrogen-bond acceptors (Lipinski definition) is 6. The average molecular weight is 420 g/mol. The summed E-state index contributed by atoms with van der Waals surface area (Å²) in [4.78, 5) is 11.2. The number of anilines is 1. The van der Waals surface area contributed by atoms with Crippen LogP contribution >= 0.6 is 0 Å². The van der Waals surface area contributed by atoms with Crippen molar-refractivity contribution < 1.29 is 18.3 Å². The number of aryl methyl sites for hydroxylation is 1. The molecular formula is C20H23F3N6O. The number of hydrogen-bond donors (Lipinski definition) is 2. The van der Waals surface area contributed by atoms with Crippen LogP contribution in [-0.4, -0.2) is 55.3 Å². The Balaban J connectivity index is 1.62. The molecule has 7 nitrogen and oxygen atoms in total. The number of benzene rings is 1. The molecule has 1 fully saturated rings. The van der Waals surface area contributed by atoms with E-state index in [2.05, 4.69) is 32.2 Å². The van der Waals surface area contributed by atoms with Gasteiger partial charge >= 0.3 is 6.18 Å². The highest BCUT2D eigenvalue weighted by molar-refractivity contribution is 5.72. The number of aromatic nitrogens is 4. The summed E-state index contributed by atoms with van der Waals surface area (Å²) in [5.74, 6) is 0.284. The summed E-state index contributed by atoms with van der Waals surface area (Å²) >= 11 is 0. The Morgan fingerprint density at radius 3 is 2.77 bits per heavy atom. The van der Waals surface area contributed by atoms with Crippen molar-refractivity contribution in [2.75, 3.05) is 25.0 Å². The monoisotopic (exact) mass is 420 g/mol. The summed E-state index contributed by atoms with van der Waals surface area (Å²) in [6.45, 7) is 6.65. The van der Waals surface area contributed by atoms with Gasteiger partial charge in [-0.1, -0.05) is 6.92 Å². The lowest BCUT2D eigenvalue weighted by Gasteiger charge is -2.31. The highest BCUT2D eigenvalue weighted by Gasteiger charge is 2.32. The second-order valence-electron chi connectivity index (χ2n) is 7.55. The zero-order chi connectivity index (χ0) is 21.5. The minimum Gasteiger partial charge on any atom is -0.507 e.